The number of carbonyl (C=O) groups is 2. The van der Waals surface area contributed by atoms with E-state index < -0.39 is 5.97 Å². The number of ketones is 1. The van der Waals surface area contributed by atoms with Crippen molar-refractivity contribution in [3.63, 3.8) is 0 Å². The van der Waals surface area contributed by atoms with Crippen molar-refractivity contribution in [3.05, 3.63) is 49.4 Å². The number of thiophene rings is 1. The second-order valence-electron chi connectivity index (χ2n) is 3.61. The summed E-state index contributed by atoms with van der Waals surface area (Å²) in [6, 6.07) is 6.86. The van der Waals surface area contributed by atoms with E-state index in [0.29, 0.717) is 15.3 Å². The predicted octanol–water partition coefficient (Wildman–Crippen LogP) is 4.31. The Morgan fingerprint density at radius 2 is 2.05 bits per heavy atom. The molecule has 0 radical (unpaired) electrons. The Morgan fingerprint density at radius 1 is 1.25 bits per heavy atom. The summed E-state index contributed by atoms with van der Waals surface area (Å²) in [6.45, 7) is -0.280. The molecule has 0 fully saturated rings. The molecule has 2 aromatic rings. The zero-order valence-electron chi connectivity index (χ0n) is 9.97. The van der Waals surface area contributed by atoms with Crippen LogP contribution in [0.5, 0.6) is 0 Å². The minimum Gasteiger partial charge on any atom is -0.454 e. The molecule has 0 N–H and O–H groups in total. The van der Waals surface area contributed by atoms with Crippen LogP contribution in [0.3, 0.4) is 0 Å². The fourth-order valence-electron chi connectivity index (χ4n) is 1.29. The van der Waals surface area contributed by atoms with Gasteiger partial charge >= 0.3 is 5.97 Å². The van der Waals surface area contributed by atoms with Gasteiger partial charge in [-0.05, 0) is 62.2 Å². The van der Waals surface area contributed by atoms with Gasteiger partial charge in [-0.3, -0.25) is 4.79 Å². The van der Waals surface area contributed by atoms with Crippen LogP contribution in [0.4, 0.5) is 0 Å². The number of halogens is 2. The largest absolute Gasteiger partial charge is 0.454 e. The van der Waals surface area contributed by atoms with Crippen molar-refractivity contribution < 1.29 is 18.7 Å². The maximum Gasteiger partial charge on any atom is 0.331 e. The molecule has 104 valence electrons. The third-order valence-corrected chi connectivity index (χ3v) is 4.26. The molecule has 0 spiro atoms. The van der Waals surface area contributed by atoms with Gasteiger partial charge in [0.25, 0.3) is 0 Å². The van der Waals surface area contributed by atoms with Crippen molar-refractivity contribution in [2.24, 2.45) is 0 Å². The lowest BCUT2D eigenvalue weighted by atomic mass is 10.3. The summed E-state index contributed by atoms with van der Waals surface area (Å²) in [4.78, 5) is 23.7. The molecule has 2 heterocycles. The third-order valence-electron chi connectivity index (χ3n) is 2.17. The molecule has 0 amide bonds. The highest BCUT2D eigenvalue weighted by molar-refractivity contribution is 9.11. The number of hydrogen-bond donors (Lipinski definition) is 0. The van der Waals surface area contributed by atoms with Gasteiger partial charge in [0.1, 0.15) is 5.76 Å². The van der Waals surface area contributed by atoms with E-state index in [9.17, 15) is 9.59 Å². The number of carbonyl (C=O) groups excluding carboxylic acids is 2. The number of hydrogen-bond acceptors (Lipinski definition) is 5. The Kier molecular flexibility index (Phi) is 5.33. The van der Waals surface area contributed by atoms with Crippen LogP contribution in [0, 0.1) is 0 Å². The zero-order valence-corrected chi connectivity index (χ0v) is 14.0. The first-order chi connectivity index (χ1) is 9.54. The van der Waals surface area contributed by atoms with Gasteiger partial charge in [-0.25, -0.2) is 4.79 Å². The molecular weight excluding hydrogens is 412 g/mol. The van der Waals surface area contributed by atoms with E-state index in [4.69, 9.17) is 9.15 Å². The predicted molar refractivity (Wildman–Crippen MR) is 82.8 cm³/mol. The van der Waals surface area contributed by atoms with Crippen LogP contribution in [0.1, 0.15) is 15.4 Å². The van der Waals surface area contributed by atoms with E-state index in [0.717, 1.165) is 3.79 Å². The van der Waals surface area contributed by atoms with Gasteiger partial charge in [0, 0.05) is 6.08 Å². The van der Waals surface area contributed by atoms with Crippen LogP contribution in [-0.4, -0.2) is 18.4 Å². The number of esters is 1. The molecule has 2 aromatic heterocycles. The molecule has 0 aliphatic rings. The van der Waals surface area contributed by atoms with E-state index in [1.54, 1.807) is 24.3 Å². The van der Waals surface area contributed by atoms with Gasteiger partial charge < -0.3 is 9.15 Å². The van der Waals surface area contributed by atoms with Crippen molar-refractivity contribution >= 4 is 61.0 Å². The van der Waals surface area contributed by atoms with Crippen molar-refractivity contribution in [2.45, 2.75) is 0 Å². The summed E-state index contributed by atoms with van der Waals surface area (Å²) in [6.07, 6.45) is 2.68. The minimum atomic E-state index is -0.596. The molecule has 2 rings (SSSR count). The normalized spacial score (nSPS) is 10.9. The first kappa shape index (κ1) is 15.2. The average molecular weight is 420 g/mol. The Bertz CT molecular complexity index is 657. The topological polar surface area (TPSA) is 56.5 Å². The molecule has 0 saturated carbocycles. The van der Waals surface area contributed by atoms with Gasteiger partial charge in [0.15, 0.2) is 11.3 Å². The van der Waals surface area contributed by atoms with Gasteiger partial charge in [-0.15, -0.1) is 11.3 Å². The SMILES string of the molecule is O=C(C=Cc1ccc(Br)o1)OCC(=O)c1ccc(Br)s1. The second-order valence-corrected chi connectivity index (χ2v) is 6.85. The van der Waals surface area contributed by atoms with Crippen LogP contribution in [0.25, 0.3) is 6.08 Å². The highest BCUT2D eigenvalue weighted by atomic mass is 79.9. The van der Waals surface area contributed by atoms with E-state index in [1.807, 2.05) is 0 Å². The maximum absolute atomic E-state index is 11.7. The number of furan rings is 1. The Labute approximate surface area is 135 Å². The summed E-state index contributed by atoms with van der Waals surface area (Å²) in [5, 5.41) is 0. The number of ether oxygens (including phenoxy) is 1. The molecule has 0 bridgehead atoms. The van der Waals surface area contributed by atoms with Crippen LogP contribution >= 0.6 is 43.2 Å². The third kappa shape index (κ3) is 4.43. The molecule has 4 nitrogen and oxygen atoms in total. The van der Waals surface area contributed by atoms with Gasteiger partial charge in [-0.1, -0.05) is 0 Å². The minimum absolute atomic E-state index is 0.233. The highest BCUT2D eigenvalue weighted by Gasteiger charge is 2.10. The number of Topliss-reactive ketones (excluding diaryl/α,β-unsaturated/α-hetero) is 1. The van der Waals surface area contributed by atoms with E-state index in [2.05, 4.69) is 31.9 Å². The highest BCUT2D eigenvalue weighted by Crippen LogP contribution is 2.22. The Morgan fingerprint density at radius 3 is 2.65 bits per heavy atom. The fourth-order valence-corrected chi connectivity index (χ4v) is 2.92. The van der Waals surface area contributed by atoms with E-state index >= 15 is 0 Å². The smallest absolute Gasteiger partial charge is 0.331 e. The van der Waals surface area contributed by atoms with Crippen molar-refractivity contribution in [2.75, 3.05) is 6.61 Å². The molecule has 7 heteroatoms. The standard InChI is InChI=1S/C13H8Br2O4S/c14-11-4-1-8(19-11)2-6-13(17)18-7-9(16)10-3-5-12(15)20-10/h1-6H,7H2. The van der Waals surface area contributed by atoms with Gasteiger partial charge in [-0.2, -0.15) is 0 Å². The molecule has 0 aliphatic heterocycles. The Balaban J connectivity index is 1.83. The zero-order chi connectivity index (χ0) is 14.5. The fraction of sp³-hybridized carbons (Fsp3) is 0.0769. The lowest BCUT2D eigenvalue weighted by Gasteiger charge is -1.98. The van der Waals surface area contributed by atoms with Gasteiger partial charge in [0.2, 0.25) is 5.78 Å². The quantitative estimate of drug-likeness (QED) is 0.411. The van der Waals surface area contributed by atoms with Crippen LogP contribution < -0.4 is 0 Å². The lowest BCUT2D eigenvalue weighted by Crippen LogP contribution is -2.11. The molecule has 0 atom stereocenters. The van der Waals surface area contributed by atoms with Crippen LogP contribution in [-0.2, 0) is 9.53 Å². The van der Waals surface area contributed by atoms with Crippen LogP contribution in [0.2, 0.25) is 0 Å². The summed E-state index contributed by atoms with van der Waals surface area (Å²) in [7, 11) is 0. The summed E-state index contributed by atoms with van der Waals surface area (Å²) < 4.78 is 11.5. The Hall–Kier alpha value is -1.18. The molecule has 0 aliphatic carbocycles. The monoisotopic (exact) mass is 418 g/mol. The average Bonchev–Trinajstić information content (AvgIpc) is 3.02. The summed E-state index contributed by atoms with van der Waals surface area (Å²) in [5.41, 5.74) is 0. The van der Waals surface area contributed by atoms with E-state index in [1.165, 1.54) is 23.5 Å². The van der Waals surface area contributed by atoms with Crippen molar-refractivity contribution in [1.29, 1.82) is 0 Å². The first-order valence-corrected chi connectivity index (χ1v) is 7.83. The maximum atomic E-state index is 11.7. The van der Waals surface area contributed by atoms with Crippen molar-refractivity contribution in [3.8, 4) is 0 Å². The van der Waals surface area contributed by atoms with Gasteiger partial charge in [0.05, 0.1) is 8.66 Å². The molecule has 0 saturated heterocycles. The molecule has 0 unspecified atom stereocenters. The lowest BCUT2D eigenvalue weighted by molar-refractivity contribution is -0.136. The van der Waals surface area contributed by atoms with E-state index in [-0.39, 0.29) is 12.4 Å². The molecular formula is C13H8Br2O4S. The van der Waals surface area contributed by atoms with Crippen LogP contribution in [0.15, 0.2) is 43.2 Å². The molecule has 20 heavy (non-hydrogen) atoms. The number of rotatable bonds is 5. The first-order valence-electron chi connectivity index (χ1n) is 5.43. The summed E-state index contributed by atoms with van der Waals surface area (Å²) >= 11 is 7.72. The van der Waals surface area contributed by atoms with Crippen molar-refractivity contribution in [1.82, 2.24) is 0 Å². The molecule has 0 aromatic carbocycles. The second kappa shape index (κ2) is 7.01. The summed E-state index contributed by atoms with van der Waals surface area (Å²) in [5.74, 6) is -0.313.